The summed E-state index contributed by atoms with van der Waals surface area (Å²) in [6, 6.07) is 13.7. The zero-order chi connectivity index (χ0) is 15.6. The van der Waals surface area contributed by atoms with Gasteiger partial charge in [-0.05, 0) is 18.2 Å². The molecule has 4 aromatic rings. The first kappa shape index (κ1) is 13.5. The molecular weight excluding hydrogens is 290 g/mol. The van der Waals surface area contributed by atoms with E-state index in [0.29, 0.717) is 5.58 Å². The highest BCUT2D eigenvalue weighted by Gasteiger charge is 2.17. The molecule has 0 radical (unpaired) electrons. The summed E-state index contributed by atoms with van der Waals surface area (Å²) in [5, 5.41) is 5.19. The summed E-state index contributed by atoms with van der Waals surface area (Å²) in [6.07, 6.45) is 5.02. The Balaban J connectivity index is 1.95. The van der Waals surface area contributed by atoms with E-state index < -0.39 is 0 Å². The van der Waals surface area contributed by atoms with E-state index in [1.165, 1.54) is 6.33 Å². The lowest BCUT2D eigenvalue weighted by atomic mass is 10.0. The van der Waals surface area contributed by atoms with Crippen LogP contribution in [0.3, 0.4) is 0 Å². The van der Waals surface area contributed by atoms with Crippen LogP contribution in [0.2, 0.25) is 0 Å². The minimum Gasteiger partial charge on any atom is -0.496 e. The maximum atomic E-state index is 5.63. The fraction of sp³-hybridized carbons (Fsp3) is 0.0556. The molecule has 0 N–H and O–H groups in total. The molecule has 0 aliphatic carbocycles. The van der Waals surface area contributed by atoms with Gasteiger partial charge in [0.15, 0.2) is 5.58 Å². The average Bonchev–Trinajstić information content (AvgIpc) is 3.06. The highest BCUT2D eigenvalue weighted by atomic mass is 16.5. The van der Waals surface area contributed by atoms with Crippen molar-refractivity contribution < 1.29 is 9.26 Å². The fourth-order valence-electron chi connectivity index (χ4n) is 2.66. The van der Waals surface area contributed by atoms with Crippen molar-refractivity contribution in [3.05, 3.63) is 61.2 Å². The summed E-state index contributed by atoms with van der Waals surface area (Å²) in [7, 11) is 1.65. The maximum Gasteiger partial charge on any atom is 0.175 e. The van der Waals surface area contributed by atoms with Gasteiger partial charge in [0.05, 0.1) is 12.5 Å². The van der Waals surface area contributed by atoms with Gasteiger partial charge in [-0.25, -0.2) is 9.97 Å². The summed E-state index contributed by atoms with van der Waals surface area (Å²) in [5.41, 5.74) is 4.17. The van der Waals surface area contributed by atoms with Crippen LogP contribution in [0.5, 0.6) is 5.75 Å². The number of hydrogen-bond donors (Lipinski definition) is 0. The molecule has 2 heterocycles. The first-order valence-corrected chi connectivity index (χ1v) is 7.15. The van der Waals surface area contributed by atoms with Gasteiger partial charge in [0.25, 0.3) is 0 Å². The number of hydrogen-bond acceptors (Lipinski definition) is 5. The molecule has 0 unspecified atom stereocenters. The summed E-state index contributed by atoms with van der Waals surface area (Å²) >= 11 is 0. The van der Waals surface area contributed by atoms with Crippen LogP contribution in [0.25, 0.3) is 33.4 Å². The second kappa shape index (κ2) is 5.53. The number of nitrogens with zero attached hydrogens (tertiary/aromatic N) is 3. The third-order valence-electron chi connectivity index (χ3n) is 3.73. The molecule has 23 heavy (non-hydrogen) atoms. The minimum atomic E-state index is 0.711. The Bertz CT molecular complexity index is 964. The van der Waals surface area contributed by atoms with Crippen LogP contribution in [0.15, 0.2) is 65.7 Å². The molecule has 0 fully saturated rings. The lowest BCUT2D eigenvalue weighted by Gasteiger charge is -2.05. The van der Waals surface area contributed by atoms with E-state index in [4.69, 9.17) is 9.26 Å². The lowest BCUT2D eigenvalue weighted by Crippen LogP contribution is -1.87. The molecular formula is C18H13N3O2. The van der Waals surface area contributed by atoms with Crippen LogP contribution < -0.4 is 4.74 Å². The Kier molecular flexibility index (Phi) is 3.24. The first-order chi connectivity index (χ1) is 11.4. The first-order valence-electron chi connectivity index (χ1n) is 7.15. The van der Waals surface area contributed by atoms with Crippen molar-refractivity contribution in [3.8, 4) is 28.1 Å². The second-order valence-corrected chi connectivity index (χ2v) is 5.04. The van der Waals surface area contributed by atoms with Gasteiger partial charge in [0.1, 0.15) is 17.8 Å². The highest BCUT2D eigenvalue weighted by molar-refractivity contribution is 6.00. The van der Waals surface area contributed by atoms with Crippen LogP contribution in [0, 0.1) is 0 Å². The van der Waals surface area contributed by atoms with E-state index in [1.54, 1.807) is 19.5 Å². The zero-order valence-corrected chi connectivity index (χ0v) is 12.4. The van der Waals surface area contributed by atoms with Gasteiger partial charge < -0.3 is 9.26 Å². The SMILES string of the molecule is COc1ccccc1-c1noc2c(-c3cncnc3)cccc12. The van der Waals surface area contributed by atoms with Gasteiger partial charge in [-0.1, -0.05) is 29.4 Å². The predicted molar refractivity (Wildman–Crippen MR) is 87.0 cm³/mol. The van der Waals surface area contributed by atoms with Crippen molar-refractivity contribution in [3.63, 3.8) is 0 Å². The number of fused-ring (bicyclic) bond motifs is 1. The molecule has 2 aromatic heterocycles. The molecule has 0 aliphatic heterocycles. The Hall–Kier alpha value is -3.21. The summed E-state index contributed by atoms with van der Waals surface area (Å²) in [4.78, 5) is 8.13. The van der Waals surface area contributed by atoms with Crippen LogP contribution in [0.1, 0.15) is 0 Å². The van der Waals surface area contributed by atoms with E-state index in [0.717, 1.165) is 33.5 Å². The number of benzene rings is 2. The van der Waals surface area contributed by atoms with Crippen molar-refractivity contribution in [1.82, 2.24) is 15.1 Å². The quantitative estimate of drug-likeness (QED) is 0.573. The second-order valence-electron chi connectivity index (χ2n) is 5.04. The van der Waals surface area contributed by atoms with Crippen LogP contribution >= 0.6 is 0 Å². The molecule has 5 heteroatoms. The summed E-state index contributed by atoms with van der Waals surface area (Å²) < 4.78 is 11.1. The van der Waals surface area contributed by atoms with Crippen molar-refractivity contribution in [2.75, 3.05) is 7.11 Å². The number of ether oxygens (including phenoxy) is 1. The third kappa shape index (κ3) is 2.23. The topological polar surface area (TPSA) is 61.0 Å². The highest BCUT2D eigenvalue weighted by Crippen LogP contribution is 2.37. The van der Waals surface area contributed by atoms with E-state index in [9.17, 15) is 0 Å². The monoisotopic (exact) mass is 303 g/mol. The van der Waals surface area contributed by atoms with Crippen LogP contribution in [0.4, 0.5) is 0 Å². The summed E-state index contributed by atoms with van der Waals surface area (Å²) in [5.74, 6) is 0.760. The molecule has 5 nitrogen and oxygen atoms in total. The fourth-order valence-corrected chi connectivity index (χ4v) is 2.66. The number of para-hydroxylation sites is 2. The molecule has 0 spiro atoms. The largest absolute Gasteiger partial charge is 0.496 e. The molecule has 0 bridgehead atoms. The Morgan fingerprint density at radius 1 is 0.913 bits per heavy atom. The number of methoxy groups -OCH3 is 1. The van der Waals surface area contributed by atoms with E-state index in [-0.39, 0.29) is 0 Å². The summed E-state index contributed by atoms with van der Waals surface area (Å²) in [6.45, 7) is 0. The molecule has 112 valence electrons. The van der Waals surface area contributed by atoms with Gasteiger partial charge in [0.2, 0.25) is 0 Å². The van der Waals surface area contributed by atoms with Crippen molar-refractivity contribution >= 4 is 11.0 Å². The van der Waals surface area contributed by atoms with Gasteiger partial charge in [-0.2, -0.15) is 0 Å². The van der Waals surface area contributed by atoms with E-state index in [2.05, 4.69) is 15.1 Å². The number of rotatable bonds is 3. The molecule has 0 saturated heterocycles. The van der Waals surface area contributed by atoms with Crippen LogP contribution in [-0.2, 0) is 0 Å². The van der Waals surface area contributed by atoms with E-state index in [1.807, 2.05) is 42.5 Å². The molecule has 0 saturated carbocycles. The lowest BCUT2D eigenvalue weighted by molar-refractivity contribution is 0.415. The maximum absolute atomic E-state index is 5.63. The standard InChI is InChI=1S/C18H13N3O2/c1-22-16-8-3-2-5-14(16)17-15-7-4-6-13(18(15)23-21-17)12-9-19-11-20-10-12/h2-11H,1H3. The van der Waals surface area contributed by atoms with Gasteiger partial charge in [-0.15, -0.1) is 0 Å². The van der Waals surface area contributed by atoms with Gasteiger partial charge in [0, 0.05) is 29.1 Å². The smallest absolute Gasteiger partial charge is 0.175 e. The van der Waals surface area contributed by atoms with Crippen molar-refractivity contribution in [1.29, 1.82) is 0 Å². The van der Waals surface area contributed by atoms with Gasteiger partial charge in [-0.3, -0.25) is 0 Å². The van der Waals surface area contributed by atoms with Crippen molar-refractivity contribution in [2.24, 2.45) is 0 Å². The molecule has 0 amide bonds. The molecule has 0 atom stereocenters. The van der Waals surface area contributed by atoms with Crippen LogP contribution in [-0.4, -0.2) is 22.2 Å². The Labute approximate surface area is 132 Å². The Morgan fingerprint density at radius 3 is 2.52 bits per heavy atom. The molecule has 2 aromatic carbocycles. The normalized spacial score (nSPS) is 10.8. The van der Waals surface area contributed by atoms with E-state index >= 15 is 0 Å². The molecule has 4 rings (SSSR count). The van der Waals surface area contributed by atoms with Crippen molar-refractivity contribution in [2.45, 2.75) is 0 Å². The zero-order valence-electron chi connectivity index (χ0n) is 12.4. The average molecular weight is 303 g/mol. The minimum absolute atomic E-state index is 0.711. The Morgan fingerprint density at radius 2 is 1.70 bits per heavy atom. The number of aromatic nitrogens is 3. The molecule has 0 aliphatic rings. The third-order valence-corrected chi connectivity index (χ3v) is 3.73. The van der Waals surface area contributed by atoms with Gasteiger partial charge >= 0.3 is 0 Å². The predicted octanol–water partition coefficient (Wildman–Crippen LogP) is 3.96.